The highest BCUT2D eigenvalue weighted by Gasteiger charge is 2.47. The fourth-order valence-electron chi connectivity index (χ4n) is 5.36. The van der Waals surface area contributed by atoms with Crippen LogP contribution in [0, 0.1) is 0 Å². The lowest BCUT2D eigenvalue weighted by Crippen LogP contribution is -2.29. The highest BCUT2D eigenvalue weighted by molar-refractivity contribution is 8.00. The molecule has 0 spiro atoms. The summed E-state index contributed by atoms with van der Waals surface area (Å²) in [6.07, 6.45) is 29.1. The van der Waals surface area contributed by atoms with E-state index in [0.717, 1.165) is 13.2 Å². The zero-order valence-corrected chi connectivity index (χ0v) is 24.5. The number of rotatable bonds is 24. The fourth-order valence-corrected chi connectivity index (χ4v) is 7.91. The molecular formula is C30H58O2S2. The van der Waals surface area contributed by atoms with Gasteiger partial charge in [0.1, 0.15) is 0 Å². The summed E-state index contributed by atoms with van der Waals surface area (Å²) in [5, 5.41) is 1.15. The number of unbranched alkanes of at least 4 members (excludes halogenated alkanes) is 18. The van der Waals surface area contributed by atoms with E-state index in [0.29, 0.717) is 22.7 Å². The van der Waals surface area contributed by atoms with Gasteiger partial charge in [0.25, 0.3) is 0 Å². The molecule has 2 aliphatic rings. The van der Waals surface area contributed by atoms with Crippen molar-refractivity contribution in [3.63, 3.8) is 0 Å². The van der Waals surface area contributed by atoms with Gasteiger partial charge >= 0.3 is 0 Å². The summed E-state index contributed by atoms with van der Waals surface area (Å²) >= 11 is 4.25. The van der Waals surface area contributed by atoms with Gasteiger partial charge in [0.15, 0.2) is 0 Å². The molecule has 2 heterocycles. The van der Waals surface area contributed by atoms with Gasteiger partial charge in [-0.2, -0.15) is 23.5 Å². The van der Waals surface area contributed by atoms with Gasteiger partial charge in [-0.05, 0) is 24.3 Å². The van der Waals surface area contributed by atoms with Gasteiger partial charge in [0.05, 0.1) is 35.9 Å². The Kier molecular flexibility index (Phi) is 19.7. The second-order valence-electron chi connectivity index (χ2n) is 10.8. The molecule has 0 aromatic carbocycles. The summed E-state index contributed by atoms with van der Waals surface area (Å²) in [6, 6.07) is 0. The number of ether oxygens (including phenoxy) is 2. The van der Waals surface area contributed by atoms with Crippen LogP contribution < -0.4 is 0 Å². The van der Waals surface area contributed by atoms with Gasteiger partial charge in [-0.3, -0.25) is 0 Å². The molecule has 2 rings (SSSR count). The van der Waals surface area contributed by atoms with Crippen LogP contribution in [-0.2, 0) is 9.47 Å². The average molecular weight is 515 g/mol. The van der Waals surface area contributed by atoms with E-state index in [1.165, 1.54) is 140 Å². The van der Waals surface area contributed by atoms with Crippen LogP contribution in [-0.4, -0.2) is 47.4 Å². The number of hydrogen-bond acceptors (Lipinski definition) is 4. The third-order valence-corrected chi connectivity index (χ3v) is 10.3. The Balaban J connectivity index is 1.38. The normalized spacial score (nSPS) is 24.2. The molecule has 4 heteroatoms. The van der Waals surface area contributed by atoms with Crippen LogP contribution in [0.15, 0.2) is 0 Å². The van der Waals surface area contributed by atoms with E-state index >= 15 is 0 Å². The molecular weight excluding hydrogens is 456 g/mol. The monoisotopic (exact) mass is 514 g/mol. The fraction of sp³-hybridized carbons (Fsp3) is 1.00. The Labute approximate surface area is 222 Å². The molecule has 0 amide bonds. The minimum atomic E-state index is 0.360. The van der Waals surface area contributed by atoms with Crippen LogP contribution in [0.25, 0.3) is 0 Å². The second kappa shape index (κ2) is 21.7. The van der Waals surface area contributed by atoms with Crippen LogP contribution >= 0.6 is 23.5 Å². The van der Waals surface area contributed by atoms with Gasteiger partial charge < -0.3 is 9.47 Å². The molecule has 0 unspecified atom stereocenters. The van der Waals surface area contributed by atoms with Gasteiger partial charge in [0, 0.05) is 0 Å². The zero-order chi connectivity index (χ0) is 24.1. The van der Waals surface area contributed by atoms with Gasteiger partial charge in [0.2, 0.25) is 0 Å². The molecule has 0 saturated carbocycles. The molecule has 0 radical (unpaired) electrons. The Morgan fingerprint density at radius 1 is 0.441 bits per heavy atom. The van der Waals surface area contributed by atoms with Crippen molar-refractivity contribution in [3.8, 4) is 0 Å². The number of thioether (sulfide) groups is 2. The van der Waals surface area contributed by atoms with E-state index in [1.807, 2.05) is 0 Å². The van der Waals surface area contributed by atoms with Crippen molar-refractivity contribution in [2.45, 2.75) is 165 Å². The molecule has 2 fully saturated rings. The molecule has 0 bridgehead atoms. The minimum absolute atomic E-state index is 0.360. The molecule has 202 valence electrons. The Bertz CT molecular complexity index is 408. The standard InChI is InChI=1S/C30H58O2S2/c1-3-5-7-9-11-13-15-17-19-21-23-33-27-25-31-30-28(26-32-29(27)30)34-24-22-20-18-16-14-12-10-8-6-4-2/h27-30H,3-26H2,1-2H3/t27-,28+,29-,30+. The summed E-state index contributed by atoms with van der Waals surface area (Å²) in [7, 11) is 0. The Morgan fingerprint density at radius 3 is 1.06 bits per heavy atom. The first-order valence-corrected chi connectivity index (χ1v) is 17.4. The van der Waals surface area contributed by atoms with Crippen LogP contribution in [0.1, 0.15) is 142 Å². The van der Waals surface area contributed by atoms with Crippen molar-refractivity contribution in [1.82, 2.24) is 0 Å². The molecule has 4 atom stereocenters. The molecule has 2 aliphatic heterocycles. The number of hydrogen-bond donors (Lipinski definition) is 0. The van der Waals surface area contributed by atoms with E-state index in [-0.39, 0.29) is 0 Å². The van der Waals surface area contributed by atoms with Gasteiger partial charge in [-0.15, -0.1) is 0 Å². The van der Waals surface area contributed by atoms with Crippen LogP contribution in [0.2, 0.25) is 0 Å². The van der Waals surface area contributed by atoms with Crippen molar-refractivity contribution in [3.05, 3.63) is 0 Å². The minimum Gasteiger partial charge on any atom is -0.373 e. The maximum atomic E-state index is 6.24. The molecule has 2 saturated heterocycles. The molecule has 0 N–H and O–H groups in total. The quantitative estimate of drug-likeness (QED) is 0.119. The topological polar surface area (TPSA) is 18.5 Å². The Hall–Kier alpha value is 0.620. The van der Waals surface area contributed by atoms with Gasteiger partial charge in [-0.1, -0.05) is 129 Å². The SMILES string of the molecule is CCCCCCCCCCCCS[C@H]1CO[C@H]2[C@H]1OC[C@H]2SCCCCCCCCCCCC. The van der Waals surface area contributed by atoms with Crippen LogP contribution in [0.3, 0.4) is 0 Å². The van der Waals surface area contributed by atoms with Crippen molar-refractivity contribution in [2.24, 2.45) is 0 Å². The van der Waals surface area contributed by atoms with Crippen molar-refractivity contribution < 1.29 is 9.47 Å². The average Bonchev–Trinajstić information content (AvgIpc) is 3.44. The molecule has 0 aromatic rings. The van der Waals surface area contributed by atoms with E-state index in [2.05, 4.69) is 37.4 Å². The highest BCUT2D eigenvalue weighted by atomic mass is 32.2. The lowest BCUT2D eigenvalue weighted by Gasteiger charge is -2.16. The molecule has 2 nitrogen and oxygen atoms in total. The predicted molar refractivity (Wildman–Crippen MR) is 156 cm³/mol. The first kappa shape index (κ1) is 30.8. The molecule has 0 aromatic heterocycles. The van der Waals surface area contributed by atoms with Gasteiger partial charge in [-0.25, -0.2) is 0 Å². The summed E-state index contributed by atoms with van der Waals surface area (Å²) in [5.41, 5.74) is 0. The number of fused-ring (bicyclic) bond motifs is 1. The van der Waals surface area contributed by atoms with Crippen LogP contribution in [0.4, 0.5) is 0 Å². The summed E-state index contributed by atoms with van der Waals surface area (Å²) in [5.74, 6) is 2.57. The van der Waals surface area contributed by atoms with Crippen LogP contribution in [0.5, 0.6) is 0 Å². The highest BCUT2D eigenvalue weighted by Crippen LogP contribution is 2.39. The summed E-state index contributed by atoms with van der Waals surface area (Å²) in [6.45, 7) is 6.41. The summed E-state index contributed by atoms with van der Waals surface area (Å²) < 4.78 is 12.5. The third kappa shape index (κ3) is 13.8. The molecule has 34 heavy (non-hydrogen) atoms. The van der Waals surface area contributed by atoms with E-state index in [1.54, 1.807) is 0 Å². The lowest BCUT2D eigenvalue weighted by atomic mass is 10.1. The zero-order valence-electron chi connectivity index (χ0n) is 22.9. The first-order valence-electron chi connectivity index (χ1n) is 15.3. The third-order valence-electron chi connectivity index (χ3n) is 7.62. The van der Waals surface area contributed by atoms with Crippen molar-refractivity contribution >= 4 is 23.5 Å². The van der Waals surface area contributed by atoms with E-state index in [4.69, 9.17) is 9.47 Å². The summed E-state index contributed by atoms with van der Waals surface area (Å²) in [4.78, 5) is 0. The lowest BCUT2D eigenvalue weighted by molar-refractivity contribution is 0.0745. The predicted octanol–water partition coefficient (Wildman–Crippen LogP) is 9.83. The maximum Gasteiger partial charge on any atom is 0.0989 e. The van der Waals surface area contributed by atoms with E-state index in [9.17, 15) is 0 Å². The largest absolute Gasteiger partial charge is 0.373 e. The maximum absolute atomic E-state index is 6.24. The van der Waals surface area contributed by atoms with E-state index < -0.39 is 0 Å². The molecule has 0 aliphatic carbocycles. The Morgan fingerprint density at radius 2 is 0.735 bits per heavy atom. The van der Waals surface area contributed by atoms with Crippen molar-refractivity contribution in [1.29, 1.82) is 0 Å². The van der Waals surface area contributed by atoms with Crippen molar-refractivity contribution in [2.75, 3.05) is 24.7 Å². The first-order chi connectivity index (χ1) is 16.9. The second-order valence-corrected chi connectivity index (χ2v) is 13.5. The smallest absolute Gasteiger partial charge is 0.0989 e.